The summed E-state index contributed by atoms with van der Waals surface area (Å²) >= 11 is 1.28. The summed E-state index contributed by atoms with van der Waals surface area (Å²) in [6, 6.07) is 8.24. The first-order valence-electron chi connectivity index (χ1n) is 7.73. The van der Waals surface area contributed by atoms with Crippen LogP contribution in [0.1, 0.15) is 33.3 Å². The summed E-state index contributed by atoms with van der Waals surface area (Å²) in [4.78, 5) is 14.2. The summed E-state index contributed by atoms with van der Waals surface area (Å²) in [6.07, 6.45) is 0. The van der Waals surface area contributed by atoms with Crippen molar-refractivity contribution in [1.29, 1.82) is 0 Å². The fourth-order valence-corrected chi connectivity index (χ4v) is 3.08. The lowest BCUT2D eigenvalue weighted by atomic mass is 10.1. The Morgan fingerprint density at radius 2 is 1.74 bits per heavy atom. The van der Waals surface area contributed by atoms with Crippen LogP contribution in [0, 0.1) is 6.92 Å². The molecule has 6 heteroatoms. The lowest BCUT2D eigenvalue weighted by Gasteiger charge is -2.30. The van der Waals surface area contributed by atoms with Crippen LogP contribution >= 0.6 is 11.8 Å². The maximum atomic E-state index is 12.3. The number of thioether (sulfide) groups is 1. The van der Waals surface area contributed by atoms with Crippen LogP contribution in [0.4, 0.5) is 0 Å². The van der Waals surface area contributed by atoms with Gasteiger partial charge in [-0.05, 0) is 46.8 Å². The van der Waals surface area contributed by atoms with Crippen molar-refractivity contribution in [2.75, 3.05) is 5.75 Å². The second-order valence-corrected chi connectivity index (χ2v) is 6.94. The van der Waals surface area contributed by atoms with Crippen LogP contribution in [-0.4, -0.2) is 38.8 Å². The third-order valence-corrected chi connectivity index (χ3v) is 4.23. The van der Waals surface area contributed by atoms with Crippen LogP contribution in [0.3, 0.4) is 0 Å². The molecule has 0 N–H and O–H groups in total. The summed E-state index contributed by atoms with van der Waals surface area (Å²) < 4.78 is 5.63. The quantitative estimate of drug-likeness (QED) is 0.753. The van der Waals surface area contributed by atoms with E-state index >= 15 is 0 Å². The Balaban J connectivity index is 1.99. The number of hydrogen-bond donors (Lipinski definition) is 0. The molecule has 1 aromatic heterocycles. The molecule has 5 nitrogen and oxygen atoms in total. The van der Waals surface area contributed by atoms with E-state index in [0.717, 1.165) is 5.56 Å². The van der Waals surface area contributed by atoms with Crippen molar-refractivity contribution >= 4 is 17.7 Å². The fourth-order valence-electron chi connectivity index (χ4n) is 2.45. The van der Waals surface area contributed by atoms with Crippen molar-refractivity contribution in [3.8, 4) is 11.5 Å². The highest BCUT2D eigenvalue weighted by Crippen LogP contribution is 2.24. The molecule has 1 amide bonds. The number of carbonyl (C=O) groups excluding carboxylic acids is 1. The standard InChI is InChI=1S/C17H23N3O2S/c1-11(2)20(12(3)4)15(21)10-23-17-19-18-16(22-17)14-8-6-13(5)7-9-14/h6-9,11-12H,10H2,1-5H3. The van der Waals surface area contributed by atoms with Crippen LogP contribution in [0.25, 0.3) is 11.5 Å². The van der Waals surface area contributed by atoms with Gasteiger partial charge in [-0.15, -0.1) is 10.2 Å². The average molecular weight is 333 g/mol. The normalized spacial score (nSPS) is 11.3. The molecule has 0 atom stereocenters. The van der Waals surface area contributed by atoms with Crippen LogP contribution in [0.2, 0.25) is 0 Å². The van der Waals surface area contributed by atoms with E-state index in [2.05, 4.69) is 10.2 Å². The fraction of sp³-hybridized carbons (Fsp3) is 0.471. The summed E-state index contributed by atoms with van der Waals surface area (Å²) in [5, 5.41) is 8.48. The van der Waals surface area contributed by atoms with E-state index in [1.54, 1.807) is 0 Å². The van der Waals surface area contributed by atoms with E-state index in [4.69, 9.17) is 4.42 Å². The van der Waals surface area contributed by atoms with Gasteiger partial charge in [-0.2, -0.15) is 0 Å². The molecule has 1 heterocycles. The average Bonchev–Trinajstić information content (AvgIpc) is 2.94. The predicted molar refractivity (Wildman–Crippen MR) is 92.3 cm³/mol. The van der Waals surface area contributed by atoms with Gasteiger partial charge in [-0.3, -0.25) is 4.79 Å². The maximum Gasteiger partial charge on any atom is 0.277 e. The molecular weight excluding hydrogens is 310 g/mol. The van der Waals surface area contributed by atoms with Crippen molar-refractivity contribution in [3.05, 3.63) is 29.8 Å². The Morgan fingerprint density at radius 1 is 1.13 bits per heavy atom. The van der Waals surface area contributed by atoms with Gasteiger partial charge in [0.05, 0.1) is 5.75 Å². The van der Waals surface area contributed by atoms with Crippen molar-refractivity contribution < 1.29 is 9.21 Å². The smallest absolute Gasteiger partial charge is 0.277 e. The summed E-state index contributed by atoms with van der Waals surface area (Å²) in [5.74, 6) is 0.853. The number of aromatic nitrogens is 2. The van der Waals surface area contributed by atoms with Gasteiger partial charge < -0.3 is 9.32 Å². The SMILES string of the molecule is Cc1ccc(-c2nnc(SCC(=O)N(C(C)C)C(C)C)o2)cc1. The Kier molecular flexibility index (Phi) is 5.82. The first-order valence-corrected chi connectivity index (χ1v) is 8.71. The first-order chi connectivity index (χ1) is 10.9. The zero-order chi connectivity index (χ0) is 17.0. The number of aryl methyl sites for hydroxylation is 1. The largest absolute Gasteiger partial charge is 0.411 e. The minimum atomic E-state index is 0.0788. The Bertz CT molecular complexity index is 642. The molecular formula is C17H23N3O2S. The number of rotatable bonds is 6. The minimum Gasteiger partial charge on any atom is -0.411 e. The van der Waals surface area contributed by atoms with E-state index in [1.165, 1.54) is 17.3 Å². The molecule has 0 aliphatic rings. The van der Waals surface area contributed by atoms with Crippen LogP contribution in [0.15, 0.2) is 33.9 Å². The highest BCUT2D eigenvalue weighted by atomic mass is 32.2. The highest BCUT2D eigenvalue weighted by molar-refractivity contribution is 7.99. The molecule has 2 rings (SSSR count). The second kappa shape index (κ2) is 7.64. The van der Waals surface area contributed by atoms with Crippen LogP contribution in [0.5, 0.6) is 0 Å². The van der Waals surface area contributed by atoms with E-state index in [0.29, 0.717) is 16.9 Å². The van der Waals surface area contributed by atoms with Crippen LogP contribution < -0.4 is 0 Å². The maximum absolute atomic E-state index is 12.3. The molecule has 0 aliphatic heterocycles. The van der Waals surface area contributed by atoms with Gasteiger partial charge in [-0.25, -0.2) is 0 Å². The Morgan fingerprint density at radius 3 is 2.30 bits per heavy atom. The van der Waals surface area contributed by atoms with Gasteiger partial charge in [0, 0.05) is 17.6 Å². The number of benzene rings is 1. The van der Waals surface area contributed by atoms with Crippen molar-refractivity contribution in [1.82, 2.24) is 15.1 Å². The van der Waals surface area contributed by atoms with E-state index in [-0.39, 0.29) is 18.0 Å². The van der Waals surface area contributed by atoms with Gasteiger partial charge in [0.25, 0.3) is 5.22 Å². The molecule has 2 aromatic rings. The van der Waals surface area contributed by atoms with Crippen LogP contribution in [-0.2, 0) is 4.79 Å². The molecule has 0 aliphatic carbocycles. The molecule has 124 valence electrons. The Hall–Kier alpha value is -1.82. The van der Waals surface area contributed by atoms with Crippen molar-refractivity contribution in [2.45, 2.75) is 51.9 Å². The monoisotopic (exact) mass is 333 g/mol. The summed E-state index contributed by atoms with van der Waals surface area (Å²) in [6.45, 7) is 10.1. The van der Waals surface area contributed by atoms with E-state index in [9.17, 15) is 4.79 Å². The molecule has 0 fully saturated rings. The predicted octanol–water partition coefficient (Wildman–Crippen LogP) is 3.78. The molecule has 0 bridgehead atoms. The molecule has 0 unspecified atom stereocenters. The Labute approximate surface area is 141 Å². The minimum absolute atomic E-state index is 0.0788. The van der Waals surface area contributed by atoms with E-state index < -0.39 is 0 Å². The van der Waals surface area contributed by atoms with Gasteiger partial charge in [0.2, 0.25) is 11.8 Å². The summed E-state index contributed by atoms with van der Waals surface area (Å²) in [7, 11) is 0. The van der Waals surface area contributed by atoms with Gasteiger partial charge in [-0.1, -0.05) is 29.5 Å². The van der Waals surface area contributed by atoms with Crippen molar-refractivity contribution in [3.63, 3.8) is 0 Å². The number of hydrogen-bond acceptors (Lipinski definition) is 5. The highest BCUT2D eigenvalue weighted by Gasteiger charge is 2.21. The molecule has 1 aromatic carbocycles. The lowest BCUT2D eigenvalue weighted by Crippen LogP contribution is -2.43. The van der Waals surface area contributed by atoms with Gasteiger partial charge in [0.15, 0.2) is 0 Å². The second-order valence-electron chi connectivity index (χ2n) is 6.02. The molecule has 0 saturated heterocycles. The third kappa shape index (κ3) is 4.58. The molecule has 23 heavy (non-hydrogen) atoms. The number of amides is 1. The topological polar surface area (TPSA) is 59.2 Å². The third-order valence-electron chi connectivity index (χ3n) is 3.42. The number of carbonyl (C=O) groups is 1. The molecule has 0 radical (unpaired) electrons. The first kappa shape index (κ1) is 17.5. The lowest BCUT2D eigenvalue weighted by molar-refractivity contribution is -0.131. The molecule has 0 spiro atoms. The molecule has 0 saturated carbocycles. The van der Waals surface area contributed by atoms with Gasteiger partial charge >= 0.3 is 0 Å². The van der Waals surface area contributed by atoms with Gasteiger partial charge in [0.1, 0.15) is 0 Å². The zero-order valence-electron chi connectivity index (χ0n) is 14.2. The zero-order valence-corrected chi connectivity index (χ0v) is 15.1. The van der Waals surface area contributed by atoms with E-state index in [1.807, 2.05) is 63.8 Å². The van der Waals surface area contributed by atoms with Crippen molar-refractivity contribution in [2.24, 2.45) is 0 Å². The summed E-state index contributed by atoms with van der Waals surface area (Å²) in [5.41, 5.74) is 2.06. The number of nitrogens with zero attached hydrogens (tertiary/aromatic N) is 3.